The van der Waals surface area contributed by atoms with Crippen LogP contribution in [0.15, 0.2) is 46.6 Å². The molecule has 3 rings (SSSR count). The van der Waals surface area contributed by atoms with Crippen LogP contribution >= 0.6 is 11.3 Å². The van der Waals surface area contributed by atoms with Crippen LogP contribution in [-0.4, -0.2) is 21.1 Å². The lowest BCUT2D eigenvalue weighted by Gasteiger charge is -2.02. The van der Waals surface area contributed by atoms with Crippen LogP contribution in [0.2, 0.25) is 0 Å². The molecule has 0 aliphatic carbocycles. The van der Waals surface area contributed by atoms with Crippen LogP contribution in [-0.2, 0) is 6.54 Å². The number of benzene rings is 1. The Kier molecular flexibility index (Phi) is 4.29. The number of hydrogen-bond acceptors (Lipinski definition) is 5. The predicted molar refractivity (Wildman–Crippen MR) is 88.3 cm³/mol. The molecule has 1 amide bonds. The topological polar surface area (TPSA) is 87.7 Å². The SMILES string of the molecule is Cc1ccccc1-c1nc(CNC(=O)c2ccc(=O)[nH]n2)cs1. The van der Waals surface area contributed by atoms with Crippen molar-refractivity contribution in [3.8, 4) is 10.6 Å². The lowest BCUT2D eigenvalue weighted by Crippen LogP contribution is -2.25. The number of rotatable bonds is 4. The van der Waals surface area contributed by atoms with E-state index in [1.807, 2.05) is 36.6 Å². The minimum Gasteiger partial charge on any atom is -0.345 e. The second-order valence-electron chi connectivity index (χ2n) is 4.95. The summed E-state index contributed by atoms with van der Waals surface area (Å²) in [6.07, 6.45) is 0. The number of H-pyrrole nitrogens is 1. The van der Waals surface area contributed by atoms with Gasteiger partial charge in [0.1, 0.15) is 10.7 Å². The first-order valence-corrected chi connectivity index (χ1v) is 7.86. The molecule has 3 aromatic rings. The Hall–Kier alpha value is -2.80. The summed E-state index contributed by atoms with van der Waals surface area (Å²) in [5, 5.41) is 11.5. The van der Waals surface area contributed by atoms with Gasteiger partial charge in [0.2, 0.25) is 0 Å². The van der Waals surface area contributed by atoms with Crippen LogP contribution < -0.4 is 10.9 Å². The van der Waals surface area contributed by atoms with Crippen molar-refractivity contribution in [2.24, 2.45) is 0 Å². The van der Waals surface area contributed by atoms with Gasteiger partial charge in [-0.15, -0.1) is 11.3 Å². The molecule has 2 N–H and O–H groups in total. The van der Waals surface area contributed by atoms with Crippen molar-refractivity contribution in [1.29, 1.82) is 0 Å². The highest BCUT2D eigenvalue weighted by Gasteiger charge is 2.10. The van der Waals surface area contributed by atoms with Gasteiger partial charge in [-0.3, -0.25) is 9.59 Å². The monoisotopic (exact) mass is 326 g/mol. The summed E-state index contributed by atoms with van der Waals surface area (Å²) >= 11 is 1.54. The number of nitrogens with zero attached hydrogens (tertiary/aromatic N) is 2. The summed E-state index contributed by atoms with van der Waals surface area (Å²) in [5.41, 5.74) is 2.86. The van der Waals surface area contributed by atoms with E-state index in [9.17, 15) is 9.59 Å². The van der Waals surface area contributed by atoms with Gasteiger partial charge < -0.3 is 5.32 Å². The largest absolute Gasteiger partial charge is 0.345 e. The third-order valence-electron chi connectivity index (χ3n) is 3.27. The molecule has 0 fully saturated rings. The van der Waals surface area contributed by atoms with Gasteiger partial charge in [-0.05, 0) is 18.6 Å². The zero-order chi connectivity index (χ0) is 16.2. The third kappa shape index (κ3) is 3.51. The third-order valence-corrected chi connectivity index (χ3v) is 4.19. The standard InChI is InChI=1S/C16H14N4O2S/c1-10-4-2-3-5-12(10)16-18-11(9-23-16)8-17-15(22)13-6-7-14(21)20-19-13/h2-7,9H,8H2,1H3,(H,17,22)(H,20,21). The van der Waals surface area contributed by atoms with Crippen LogP contribution in [0, 0.1) is 6.92 Å². The maximum absolute atomic E-state index is 11.9. The number of carbonyl (C=O) groups is 1. The molecule has 0 radical (unpaired) electrons. The normalized spacial score (nSPS) is 10.5. The highest BCUT2D eigenvalue weighted by atomic mass is 32.1. The van der Waals surface area contributed by atoms with Crippen LogP contribution in [0.3, 0.4) is 0 Å². The van der Waals surface area contributed by atoms with Crippen molar-refractivity contribution < 1.29 is 4.79 Å². The Bertz CT molecular complexity index is 880. The predicted octanol–water partition coefficient (Wildman–Crippen LogP) is 2.13. The number of aromatic amines is 1. The number of nitrogens with one attached hydrogen (secondary N) is 2. The molecule has 2 aromatic heterocycles. The van der Waals surface area contributed by atoms with Crippen LogP contribution in [0.25, 0.3) is 10.6 Å². The first-order valence-electron chi connectivity index (χ1n) is 6.98. The van der Waals surface area contributed by atoms with Crippen LogP contribution in [0.1, 0.15) is 21.7 Å². The second kappa shape index (κ2) is 6.53. The number of thiazole rings is 1. The van der Waals surface area contributed by atoms with E-state index in [4.69, 9.17) is 0 Å². The highest BCUT2D eigenvalue weighted by Crippen LogP contribution is 2.26. The van der Waals surface area contributed by atoms with Crippen molar-refractivity contribution in [1.82, 2.24) is 20.5 Å². The quantitative estimate of drug-likeness (QED) is 0.769. The Balaban J connectivity index is 1.68. The number of aryl methyl sites for hydroxylation is 1. The van der Waals surface area contributed by atoms with E-state index < -0.39 is 0 Å². The highest BCUT2D eigenvalue weighted by molar-refractivity contribution is 7.13. The number of amides is 1. The van der Waals surface area contributed by atoms with Gasteiger partial charge in [0.05, 0.1) is 12.2 Å². The van der Waals surface area contributed by atoms with E-state index in [-0.39, 0.29) is 17.2 Å². The van der Waals surface area contributed by atoms with E-state index in [0.717, 1.165) is 21.8 Å². The summed E-state index contributed by atoms with van der Waals surface area (Å²) in [7, 11) is 0. The fraction of sp³-hybridized carbons (Fsp3) is 0.125. The van der Waals surface area contributed by atoms with Crippen molar-refractivity contribution >= 4 is 17.2 Å². The zero-order valence-electron chi connectivity index (χ0n) is 12.4. The molecule has 0 saturated carbocycles. The van der Waals surface area contributed by atoms with E-state index in [1.165, 1.54) is 12.1 Å². The molecule has 1 aromatic carbocycles. The number of hydrogen-bond donors (Lipinski definition) is 2. The van der Waals surface area contributed by atoms with Gasteiger partial charge in [-0.1, -0.05) is 24.3 Å². The van der Waals surface area contributed by atoms with E-state index >= 15 is 0 Å². The molecule has 0 saturated heterocycles. The van der Waals surface area contributed by atoms with Gasteiger partial charge in [-0.2, -0.15) is 5.10 Å². The van der Waals surface area contributed by atoms with Crippen molar-refractivity contribution in [3.05, 3.63) is 69.1 Å². The molecule has 6 nitrogen and oxygen atoms in total. The average molecular weight is 326 g/mol. The molecule has 2 heterocycles. The minimum absolute atomic E-state index is 0.166. The summed E-state index contributed by atoms with van der Waals surface area (Å²) < 4.78 is 0. The Morgan fingerprint density at radius 2 is 2.09 bits per heavy atom. The van der Waals surface area contributed by atoms with Crippen molar-refractivity contribution in [2.45, 2.75) is 13.5 Å². The molecule has 23 heavy (non-hydrogen) atoms. The van der Waals surface area contributed by atoms with Crippen molar-refractivity contribution in [3.63, 3.8) is 0 Å². The maximum Gasteiger partial charge on any atom is 0.272 e. The lowest BCUT2D eigenvalue weighted by atomic mass is 10.1. The van der Waals surface area contributed by atoms with E-state index in [0.29, 0.717) is 6.54 Å². The van der Waals surface area contributed by atoms with Gasteiger partial charge in [0.25, 0.3) is 11.5 Å². The molecule has 0 unspecified atom stereocenters. The smallest absolute Gasteiger partial charge is 0.272 e. The molecule has 0 spiro atoms. The van der Waals surface area contributed by atoms with Gasteiger partial charge in [0.15, 0.2) is 0 Å². The first-order chi connectivity index (χ1) is 11.1. The first kappa shape index (κ1) is 15.1. The summed E-state index contributed by atoms with van der Waals surface area (Å²) in [6, 6.07) is 10.7. The molecule has 0 aliphatic rings. The van der Waals surface area contributed by atoms with Gasteiger partial charge >= 0.3 is 0 Å². The fourth-order valence-electron chi connectivity index (χ4n) is 2.06. The fourth-order valence-corrected chi connectivity index (χ4v) is 2.97. The Labute approximate surface area is 136 Å². The molecule has 0 atom stereocenters. The van der Waals surface area contributed by atoms with Crippen LogP contribution in [0.5, 0.6) is 0 Å². The summed E-state index contributed by atoms with van der Waals surface area (Å²) in [6.45, 7) is 2.35. The molecule has 116 valence electrons. The lowest BCUT2D eigenvalue weighted by molar-refractivity contribution is 0.0944. The summed E-state index contributed by atoms with van der Waals surface area (Å²) in [5.74, 6) is -0.355. The van der Waals surface area contributed by atoms with E-state index in [2.05, 4.69) is 20.5 Å². The Morgan fingerprint density at radius 3 is 2.83 bits per heavy atom. The van der Waals surface area contributed by atoms with Gasteiger partial charge in [0, 0.05) is 17.0 Å². The van der Waals surface area contributed by atoms with Crippen molar-refractivity contribution in [2.75, 3.05) is 0 Å². The molecule has 7 heteroatoms. The maximum atomic E-state index is 11.9. The molecular formula is C16H14N4O2S. The number of carbonyl (C=O) groups excluding carboxylic acids is 1. The number of aromatic nitrogens is 3. The second-order valence-corrected chi connectivity index (χ2v) is 5.81. The molecular weight excluding hydrogens is 312 g/mol. The van der Waals surface area contributed by atoms with Gasteiger partial charge in [-0.25, -0.2) is 10.1 Å². The van der Waals surface area contributed by atoms with E-state index in [1.54, 1.807) is 11.3 Å². The molecule has 0 aliphatic heterocycles. The Morgan fingerprint density at radius 1 is 1.26 bits per heavy atom. The summed E-state index contributed by atoms with van der Waals surface area (Å²) in [4.78, 5) is 27.4. The van der Waals surface area contributed by atoms with Crippen LogP contribution in [0.4, 0.5) is 0 Å². The minimum atomic E-state index is -0.355. The molecule has 0 bridgehead atoms. The zero-order valence-corrected chi connectivity index (χ0v) is 13.2. The average Bonchev–Trinajstić information content (AvgIpc) is 3.02.